The first-order chi connectivity index (χ1) is 11.7. The molecule has 1 aromatic rings. The minimum Gasteiger partial charge on any atom is -0.493 e. The van der Waals surface area contributed by atoms with Crippen LogP contribution in [-0.2, 0) is 16.0 Å². The zero-order valence-corrected chi connectivity index (χ0v) is 13.9. The SMILES string of the molecule is COc1cccc2c1OC[C@H](C(=O)N1C[C@@H]3[C@H](C1)[C@H]1CC[C@@H]3O1)C2. The van der Waals surface area contributed by atoms with Crippen LogP contribution in [0.1, 0.15) is 18.4 Å². The molecule has 5 atom stereocenters. The summed E-state index contributed by atoms with van der Waals surface area (Å²) in [5, 5.41) is 0. The number of para-hydroxylation sites is 1. The normalized spacial score (nSPS) is 36.2. The fourth-order valence-electron chi connectivity index (χ4n) is 5.11. The van der Waals surface area contributed by atoms with E-state index in [0.29, 0.717) is 30.7 Å². The third-order valence-corrected chi connectivity index (χ3v) is 6.29. The van der Waals surface area contributed by atoms with Crippen molar-refractivity contribution in [3.05, 3.63) is 23.8 Å². The van der Waals surface area contributed by atoms with E-state index in [9.17, 15) is 4.79 Å². The summed E-state index contributed by atoms with van der Waals surface area (Å²) >= 11 is 0. The van der Waals surface area contributed by atoms with Gasteiger partial charge in [0.05, 0.1) is 25.2 Å². The summed E-state index contributed by atoms with van der Waals surface area (Å²) < 4.78 is 17.3. The number of rotatable bonds is 2. The summed E-state index contributed by atoms with van der Waals surface area (Å²) in [4.78, 5) is 15.1. The molecule has 0 aromatic heterocycles. The second-order valence-electron chi connectivity index (χ2n) is 7.52. The van der Waals surface area contributed by atoms with Gasteiger partial charge < -0.3 is 19.1 Å². The van der Waals surface area contributed by atoms with Gasteiger partial charge in [-0.3, -0.25) is 4.79 Å². The predicted molar refractivity (Wildman–Crippen MR) is 87.1 cm³/mol. The highest BCUT2D eigenvalue weighted by molar-refractivity contribution is 5.80. The van der Waals surface area contributed by atoms with Crippen LogP contribution >= 0.6 is 0 Å². The van der Waals surface area contributed by atoms with Crippen LogP contribution < -0.4 is 9.47 Å². The molecule has 1 aromatic carbocycles. The van der Waals surface area contributed by atoms with Gasteiger partial charge in [0.1, 0.15) is 6.61 Å². The van der Waals surface area contributed by atoms with E-state index in [1.807, 2.05) is 18.2 Å². The maximum Gasteiger partial charge on any atom is 0.229 e. The minimum atomic E-state index is -0.0815. The first kappa shape index (κ1) is 14.6. The number of benzene rings is 1. The molecule has 0 aliphatic carbocycles. The Hall–Kier alpha value is -1.75. The number of amides is 1. The van der Waals surface area contributed by atoms with Crippen molar-refractivity contribution in [3.63, 3.8) is 0 Å². The number of carbonyl (C=O) groups is 1. The Morgan fingerprint density at radius 3 is 2.67 bits per heavy atom. The number of ether oxygens (including phenoxy) is 3. The van der Waals surface area contributed by atoms with Crippen molar-refractivity contribution in [1.29, 1.82) is 0 Å². The zero-order chi connectivity index (χ0) is 16.3. The standard InChI is InChI=1S/C19H23NO4/c1-22-17-4-2-3-11-7-12(10-23-18(11)17)19(21)20-8-13-14(9-20)16-6-5-15(13)24-16/h2-4,12-16H,5-10H2,1H3/t12-,13-,14+,15+,16-/m1/s1. The Morgan fingerprint density at radius 1 is 1.21 bits per heavy atom. The number of methoxy groups -OCH3 is 1. The van der Waals surface area contributed by atoms with Crippen molar-refractivity contribution >= 4 is 5.91 Å². The topological polar surface area (TPSA) is 48.0 Å². The van der Waals surface area contributed by atoms with E-state index in [1.54, 1.807) is 7.11 Å². The number of hydrogen-bond acceptors (Lipinski definition) is 4. The second-order valence-corrected chi connectivity index (χ2v) is 7.52. The van der Waals surface area contributed by atoms with Crippen LogP contribution in [0.3, 0.4) is 0 Å². The molecule has 4 aliphatic rings. The lowest BCUT2D eigenvalue weighted by Gasteiger charge is -2.29. The molecule has 2 bridgehead atoms. The van der Waals surface area contributed by atoms with Crippen LogP contribution in [0.5, 0.6) is 11.5 Å². The molecule has 4 heterocycles. The molecule has 1 amide bonds. The van der Waals surface area contributed by atoms with Crippen LogP contribution in [0, 0.1) is 17.8 Å². The molecule has 5 rings (SSSR count). The molecule has 24 heavy (non-hydrogen) atoms. The molecule has 5 heteroatoms. The van der Waals surface area contributed by atoms with E-state index in [4.69, 9.17) is 14.2 Å². The molecule has 4 aliphatic heterocycles. The van der Waals surface area contributed by atoms with Gasteiger partial charge in [0.2, 0.25) is 5.91 Å². The Bertz CT molecular complexity index is 657. The Balaban J connectivity index is 1.30. The van der Waals surface area contributed by atoms with Crippen molar-refractivity contribution in [3.8, 4) is 11.5 Å². The van der Waals surface area contributed by atoms with Crippen molar-refractivity contribution in [2.45, 2.75) is 31.5 Å². The average Bonchev–Trinajstić information content (AvgIpc) is 3.32. The van der Waals surface area contributed by atoms with Gasteiger partial charge in [-0.15, -0.1) is 0 Å². The van der Waals surface area contributed by atoms with E-state index in [-0.39, 0.29) is 11.8 Å². The monoisotopic (exact) mass is 329 g/mol. The lowest BCUT2D eigenvalue weighted by molar-refractivity contribution is -0.136. The predicted octanol–water partition coefficient (Wildman–Crippen LogP) is 1.88. The van der Waals surface area contributed by atoms with Gasteiger partial charge in [0, 0.05) is 24.9 Å². The van der Waals surface area contributed by atoms with Gasteiger partial charge in [0.15, 0.2) is 11.5 Å². The Kier molecular flexibility index (Phi) is 3.27. The van der Waals surface area contributed by atoms with Crippen molar-refractivity contribution < 1.29 is 19.0 Å². The number of fused-ring (bicyclic) bond motifs is 6. The smallest absolute Gasteiger partial charge is 0.229 e. The molecule has 0 N–H and O–H groups in total. The van der Waals surface area contributed by atoms with E-state index in [2.05, 4.69) is 4.90 Å². The number of hydrogen-bond donors (Lipinski definition) is 0. The molecule has 0 spiro atoms. The van der Waals surface area contributed by atoms with Crippen LogP contribution in [0.15, 0.2) is 18.2 Å². The van der Waals surface area contributed by atoms with Crippen LogP contribution in [0.2, 0.25) is 0 Å². The summed E-state index contributed by atoms with van der Waals surface area (Å²) in [6.45, 7) is 2.18. The summed E-state index contributed by atoms with van der Waals surface area (Å²) in [6, 6.07) is 5.89. The maximum absolute atomic E-state index is 13.0. The Morgan fingerprint density at radius 2 is 1.96 bits per heavy atom. The van der Waals surface area contributed by atoms with Crippen LogP contribution in [0.4, 0.5) is 0 Å². The van der Waals surface area contributed by atoms with Gasteiger partial charge in [-0.05, 0) is 30.9 Å². The van der Waals surface area contributed by atoms with Crippen molar-refractivity contribution in [1.82, 2.24) is 4.90 Å². The quantitative estimate of drug-likeness (QED) is 0.831. The lowest BCUT2D eigenvalue weighted by atomic mass is 9.82. The summed E-state index contributed by atoms with van der Waals surface area (Å²) in [6.07, 6.45) is 3.87. The average molecular weight is 329 g/mol. The summed E-state index contributed by atoms with van der Waals surface area (Å²) in [7, 11) is 1.65. The van der Waals surface area contributed by atoms with Crippen LogP contribution in [-0.4, -0.2) is 49.8 Å². The van der Waals surface area contributed by atoms with Gasteiger partial charge in [-0.2, -0.15) is 0 Å². The highest BCUT2D eigenvalue weighted by Gasteiger charge is 2.54. The molecule has 3 fully saturated rings. The first-order valence-corrected chi connectivity index (χ1v) is 8.97. The molecule has 3 saturated heterocycles. The van der Waals surface area contributed by atoms with Gasteiger partial charge in [0.25, 0.3) is 0 Å². The van der Waals surface area contributed by atoms with Crippen molar-refractivity contribution in [2.24, 2.45) is 17.8 Å². The molecule has 5 nitrogen and oxygen atoms in total. The third kappa shape index (κ3) is 2.07. The number of likely N-dealkylation sites (tertiary alicyclic amines) is 1. The molecule has 0 saturated carbocycles. The summed E-state index contributed by atoms with van der Waals surface area (Å²) in [5.74, 6) is 2.84. The second kappa shape index (κ2) is 5.38. The molecular formula is C19H23NO4. The fraction of sp³-hybridized carbons (Fsp3) is 0.632. The molecule has 0 radical (unpaired) electrons. The maximum atomic E-state index is 13.0. The third-order valence-electron chi connectivity index (χ3n) is 6.29. The van der Waals surface area contributed by atoms with E-state index < -0.39 is 0 Å². The molecule has 128 valence electrons. The van der Waals surface area contributed by atoms with Gasteiger partial charge in [-0.25, -0.2) is 0 Å². The number of carbonyl (C=O) groups excluding carboxylic acids is 1. The van der Waals surface area contributed by atoms with Gasteiger partial charge in [-0.1, -0.05) is 12.1 Å². The van der Waals surface area contributed by atoms with Crippen LogP contribution in [0.25, 0.3) is 0 Å². The minimum absolute atomic E-state index is 0.0815. The summed E-state index contributed by atoms with van der Waals surface area (Å²) in [5.41, 5.74) is 1.07. The number of nitrogens with zero attached hydrogens (tertiary/aromatic N) is 1. The van der Waals surface area contributed by atoms with Gasteiger partial charge >= 0.3 is 0 Å². The zero-order valence-electron chi connectivity index (χ0n) is 13.9. The van der Waals surface area contributed by atoms with Crippen molar-refractivity contribution in [2.75, 3.05) is 26.8 Å². The largest absolute Gasteiger partial charge is 0.493 e. The highest BCUT2D eigenvalue weighted by Crippen LogP contribution is 2.47. The lowest BCUT2D eigenvalue weighted by Crippen LogP contribution is -2.40. The highest BCUT2D eigenvalue weighted by atomic mass is 16.5. The Labute approximate surface area is 141 Å². The van der Waals surface area contributed by atoms with E-state index >= 15 is 0 Å². The molecular weight excluding hydrogens is 306 g/mol. The van der Waals surface area contributed by atoms with E-state index in [0.717, 1.165) is 36.6 Å². The fourth-order valence-corrected chi connectivity index (χ4v) is 5.11. The molecule has 0 unspecified atom stereocenters. The van der Waals surface area contributed by atoms with E-state index in [1.165, 1.54) is 12.8 Å². The first-order valence-electron chi connectivity index (χ1n) is 8.97.